The third-order valence-corrected chi connectivity index (χ3v) is 2.38. The molecule has 1 aromatic rings. The standard InChI is InChI=1S/C8H11N3O3S/c12-7(4-15-5-8(13)14)11-3-6-9-1-2-10-6/h1-2H,3-5H2,(H,9,10)(H,11,12)(H,13,14). The van der Waals surface area contributed by atoms with Gasteiger partial charge in [0.2, 0.25) is 5.91 Å². The Morgan fingerprint density at radius 1 is 1.53 bits per heavy atom. The molecule has 82 valence electrons. The van der Waals surface area contributed by atoms with Gasteiger partial charge in [0.05, 0.1) is 18.1 Å². The van der Waals surface area contributed by atoms with E-state index in [0.717, 1.165) is 11.8 Å². The largest absolute Gasteiger partial charge is 0.481 e. The molecule has 0 bridgehead atoms. The topological polar surface area (TPSA) is 95.1 Å². The highest BCUT2D eigenvalue weighted by Crippen LogP contribution is 1.98. The van der Waals surface area contributed by atoms with Crippen molar-refractivity contribution in [2.24, 2.45) is 0 Å². The molecular formula is C8H11N3O3S. The number of hydrogen-bond donors (Lipinski definition) is 3. The minimum atomic E-state index is -0.918. The summed E-state index contributed by atoms with van der Waals surface area (Å²) in [7, 11) is 0. The number of carboxylic acids is 1. The molecule has 3 N–H and O–H groups in total. The first kappa shape index (κ1) is 11.6. The second-order valence-corrected chi connectivity index (χ2v) is 3.68. The summed E-state index contributed by atoms with van der Waals surface area (Å²) in [6.45, 7) is 0.333. The summed E-state index contributed by atoms with van der Waals surface area (Å²) in [5.74, 6) is -0.357. The molecule has 0 aliphatic carbocycles. The number of H-pyrrole nitrogens is 1. The molecule has 15 heavy (non-hydrogen) atoms. The van der Waals surface area contributed by atoms with E-state index in [1.807, 2.05) is 0 Å². The van der Waals surface area contributed by atoms with Gasteiger partial charge in [0, 0.05) is 12.4 Å². The van der Waals surface area contributed by atoms with Crippen molar-refractivity contribution in [2.75, 3.05) is 11.5 Å². The molecule has 0 aromatic carbocycles. The van der Waals surface area contributed by atoms with Crippen LogP contribution in [0, 0.1) is 0 Å². The molecule has 0 spiro atoms. The normalized spacial score (nSPS) is 9.87. The van der Waals surface area contributed by atoms with E-state index in [4.69, 9.17) is 5.11 Å². The van der Waals surface area contributed by atoms with E-state index in [2.05, 4.69) is 15.3 Å². The number of carbonyl (C=O) groups excluding carboxylic acids is 1. The number of nitrogens with zero attached hydrogens (tertiary/aromatic N) is 1. The van der Waals surface area contributed by atoms with Crippen molar-refractivity contribution in [3.05, 3.63) is 18.2 Å². The highest BCUT2D eigenvalue weighted by atomic mass is 32.2. The average molecular weight is 229 g/mol. The Hall–Kier alpha value is -1.50. The molecule has 1 amide bonds. The lowest BCUT2D eigenvalue weighted by Crippen LogP contribution is -2.25. The fourth-order valence-electron chi connectivity index (χ4n) is 0.859. The minimum Gasteiger partial charge on any atom is -0.481 e. The van der Waals surface area contributed by atoms with Gasteiger partial charge >= 0.3 is 5.97 Å². The molecule has 0 saturated carbocycles. The number of hydrogen-bond acceptors (Lipinski definition) is 4. The minimum absolute atomic E-state index is 0.0613. The van der Waals surface area contributed by atoms with Crippen LogP contribution >= 0.6 is 11.8 Å². The van der Waals surface area contributed by atoms with Crippen molar-refractivity contribution < 1.29 is 14.7 Å². The van der Waals surface area contributed by atoms with E-state index in [9.17, 15) is 9.59 Å². The van der Waals surface area contributed by atoms with Gasteiger partial charge in [-0.2, -0.15) is 0 Å². The summed E-state index contributed by atoms with van der Waals surface area (Å²) in [4.78, 5) is 28.1. The number of aromatic amines is 1. The van der Waals surface area contributed by atoms with Crippen molar-refractivity contribution >= 4 is 23.6 Å². The Morgan fingerprint density at radius 2 is 2.33 bits per heavy atom. The van der Waals surface area contributed by atoms with Crippen molar-refractivity contribution in [3.8, 4) is 0 Å². The van der Waals surface area contributed by atoms with Crippen molar-refractivity contribution in [3.63, 3.8) is 0 Å². The van der Waals surface area contributed by atoms with Gasteiger partial charge in [0.25, 0.3) is 0 Å². The zero-order valence-electron chi connectivity index (χ0n) is 7.90. The van der Waals surface area contributed by atoms with E-state index >= 15 is 0 Å². The summed E-state index contributed by atoms with van der Waals surface area (Å²) in [6.07, 6.45) is 3.27. The van der Waals surface area contributed by atoms with Crippen molar-refractivity contribution in [2.45, 2.75) is 6.54 Å². The van der Waals surface area contributed by atoms with Gasteiger partial charge < -0.3 is 15.4 Å². The SMILES string of the molecule is O=C(O)CSCC(=O)NCc1ncc[nH]1. The average Bonchev–Trinajstić information content (AvgIpc) is 2.66. The lowest BCUT2D eigenvalue weighted by molar-refractivity contribution is -0.133. The fraction of sp³-hybridized carbons (Fsp3) is 0.375. The zero-order valence-corrected chi connectivity index (χ0v) is 8.71. The Morgan fingerprint density at radius 3 is 2.93 bits per heavy atom. The molecule has 0 unspecified atom stereocenters. The molecule has 0 radical (unpaired) electrons. The lowest BCUT2D eigenvalue weighted by Gasteiger charge is -2.01. The quantitative estimate of drug-likeness (QED) is 0.630. The number of carbonyl (C=O) groups is 2. The van der Waals surface area contributed by atoms with Crippen LogP contribution in [0.5, 0.6) is 0 Å². The van der Waals surface area contributed by atoms with Crippen LogP contribution in [0.3, 0.4) is 0 Å². The maximum Gasteiger partial charge on any atom is 0.313 e. The zero-order chi connectivity index (χ0) is 11.1. The first-order valence-corrected chi connectivity index (χ1v) is 5.38. The second-order valence-electron chi connectivity index (χ2n) is 2.70. The van der Waals surface area contributed by atoms with E-state index in [0.29, 0.717) is 12.4 Å². The van der Waals surface area contributed by atoms with Crippen molar-refractivity contribution in [1.82, 2.24) is 15.3 Å². The van der Waals surface area contributed by atoms with E-state index in [-0.39, 0.29) is 17.4 Å². The molecule has 1 rings (SSSR count). The maximum atomic E-state index is 11.2. The monoisotopic (exact) mass is 229 g/mol. The van der Waals surface area contributed by atoms with E-state index < -0.39 is 5.97 Å². The third-order valence-electron chi connectivity index (χ3n) is 1.47. The molecule has 6 nitrogen and oxygen atoms in total. The Kier molecular flexibility index (Phi) is 4.69. The second kappa shape index (κ2) is 6.07. The van der Waals surface area contributed by atoms with Crippen LogP contribution in [-0.2, 0) is 16.1 Å². The molecule has 1 heterocycles. The Bertz CT molecular complexity index is 326. The van der Waals surface area contributed by atoms with Crippen LogP contribution < -0.4 is 5.32 Å². The number of imidazole rings is 1. The maximum absolute atomic E-state index is 11.2. The molecule has 0 aliphatic heterocycles. The summed E-state index contributed by atoms with van der Waals surface area (Å²) in [5, 5.41) is 11.0. The first-order valence-electron chi connectivity index (χ1n) is 4.23. The summed E-state index contributed by atoms with van der Waals surface area (Å²) in [6, 6.07) is 0. The molecule has 0 aliphatic rings. The van der Waals surface area contributed by atoms with Crippen LogP contribution in [0.25, 0.3) is 0 Å². The van der Waals surface area contributed by atoms with Crippen LogP contribution in [0.2, 0.25) is 0 Å². The number of aromatic nitrogens is 2. The lowest BCUT2D eigenvalue weighted by atomic mass is 10.5. The van der Waals surface area contributed by atoms with Crippen LogP contribution in [0.15, 0.2) is 12.4 Å². The van der Waals surface area contributed by atoms with Gasteiger partial charge in [-0.25, -0.2) is 4.98 Å². The number of thioether (sulfide) groups is 1. The molecule has 1 aromatic heterocycles. The number of carboxylic acid groups (broad SMARTS) is 1. The number of nitrogens with one attached hydrogen (secondary N) is 2. The van der Waals surface area contributed by atoms with E-state index in [1.165, 1.54) is 0 Å². The smallest absolute Gasteiger partial charge is 0.313 e. The summed E-state index contributed by atoms with van der Waals surface area (Å²) < 4.78 is 0. The number of aliphatic carboxylic acids is 1. The molecule has 0 atom stereocenters. The third kappa shape index (κ3) is 5.06. The molecule has 0 fully saturated rings. The predicted molar refractivity (Wildman–Crippen MR) is 55.4 cm³/mol. The highest BCUT2D eigenvalue weighted by molar-refractivity contribution is 8.00. The van der Waals surface area contributed by atoms with Crippen molar-refractivity contribution in [1.29, 1.82) is 0 Å². The summed E-state index contributed by atoms with van der Waals surface area (Å²) >= 11 is 1.06. The van der Waals surface area contributed by atoms with Gasteiger partial charge in [-0.05, 0) is 0 Å². The van der Waals surface area contributed by atoms with Crippen LogP contribution in [0.4, 0.5) is 0 Å². The summed E-state index contributed by atoms with van der Waals surface area (Å²) in [5.41, 5.74) is 0. The van der Waals surface area contributed by atoms with Gasteiger partial charge in [0.1, 0.15) is 5.82 Å². The Balaban J connectivity index is 2.11. The number of amides is 1. The van der Waals surface area contributed by atoms with Crippen LogP contribution in [-0.4, -0.2) is 38.5 Å². The molecule has 0 saturated heterocycles. The van der Waals surface area contributed by atoms with Gasteiger partial charge in [-0.15, -0.1) is 11.8 Å². The highest BCUT2D eigenvalue weighted by Gasteiger charge is 2.04. The number of rotatable bonds is 6. The van der Waals surface area contributed by atoms with Gasteiger partial charge in [-0.1, -0.05) is 0 Å². The predicted octanol–water partition coefficient (Wildman–Crippen LogP) is -0.156. The fourth-order valence-corrected chi connectivity index (χ4v) is 1.42. The first-order chi connectivity index (χ1) is 7.18. The van der Waals surface area contributed by atoms with Gasteiger partial charge in [-0.3, -0.25) is 9.59 Å². The van der Waals surface area contributed by atoms with Gasteiger partial charge in [0.15, 0.2) is 0 Å². The van der Waals surface area contributed by atoms with Crippen LogP contribution in [0.1, 0.15) is 5.82 Å². The molecular weight excluding hydrogens is 218 g/mol. The molecule has 7 heteroatoms. The van der Waals surface area contributed by atoms with E-state index in [1.54, 1.807) is 12.4 Å². The Labute approximate surface area is 90.5 Å².